The van der Waals surface area contributed by atoms with Crippen molar-refractivity contribution in [1.29, 1.82) is 0 Å². The van der Waals surface area contributed by atoms with Crippen LogP contribution in [0.25, 0.3) is 11.0 Å². The van der Waals surface area contributed by atoms with Gasteiger partial charge in [0.1, 0.15) is 11.6 Å². The number of nitrogens with one attached hydrogen (secondary N) is 1. The molecule has 1 aromatic carbocycles. The molecule has 1 unspecified atom stereocenters. The molecule has 0 spiro atoms. The summed E-state index contributed by atoms with van der Waals surface area (Å²) in [5.74, 6) is -0.456. The van der Waals surface area contributed by atoms with Crippen LogP contribution in [-0.4, -0.2) is 6.54 Å². The minimum absolute atomic E-state index is 0.0141. The molecule has 2 rings (SSSR count). The third-order valence-corrected chi connectivity index (χ3v) is 2.54. The fraction of sp³-hybridized carbons (Fsp3) is 0.333. The summed E-state index contributed by atoms with van der Waals surface area (Å²) in [6.45, 7) is 4.61. The largest absolute Gasteiger partial charge is 0.456 e. The Balaban J connectivity index is 2.51. The molecule has 0 bridgehead atoms. The van der Waals surface area contributed by atoms with Crippen molar-refractivity contribution < 1.29 is 13.2 Å². The van der Waals surface area contributed by atoms with Gasteiger partial charge in [0, 0.05) is 0 Å². The van der Waals surface area contributed by atoms with Gasteiger partial charge in [-0.3, -0.25) is 0 Å². The maximum atomic E-state index is 13.4. The number of furan rings is 1. The first-order chi connectivity index (χ1) is 7.63. The zero-order chi connectivity index (χ0) is 11.7. The molecule has 0 saturated carbocycles. The number of benzene rings is 1. The first-order valence-corrected chi connectivity index (χ1v) is 5.24. The van der Waals surface area contributed by atoms with E-state index in [0.717, 1.165) is 18.7 Å². The highest BCUT2D eigenvalue weighted by molar-refractivity contribution is 5.79. The fourth-order valence-electron chi connectivity index (χ4n) is 1.70. The lowest BCUT2D eigenvalue weighted by molar-refractivity contribution is 0.449. The van der Waals surface area contributed by atoms with Gasteiger partial charge < -0.3 is 9.73 Å². The van der Waals surface area contributed by atoms with Crippen molar-refractivity contribution in [3.05, 3.63) is 35.6 Å². The Kier molecular flexibility index (Phi) is 2.92. The summed E-state index contributed by atoms with van der Waals surface area (Å²) < 4.78 is 32.0. The molecule has 0 aliphatic rings. The number of hydrogen-bond acceptors (Lipinski definition) is 2. The van der Waals surface area contributed by atoms with Crippen LogP contribution in [0, 0.1) is 11.6 Å². The fourth-order valence-corrected chi connectivity index (χ4v) is 1.70. The highest BCUT2D eigenvalue weighted by atomic mass is 19.1. The predicted molar refractivity (Wildman–Crippen MR) is 58.2 cm³/mol. The first-order valence-electron chi connectivity index (χ1n) is 5.24. The minimum Gasteiger partial charge on any atom is -0.456 e. The Labute approximate surface area is 92.2 Å². The lowest BCUT2D eigenvalue weighted by Gasteiger charge is -2.07. The molecule has 0 radical (unpaired) electrons. The predicted octanol–water partition coefficient (Wildman–Crippen LogP) is 3.38. The van der Waals surface area contributed by atoms with Crippen LogP contribution in [0.15, 0.2) is 22.6 Å². The third-order valence-electron chi connectivity index (χ3n) is 2.54. The summed E-state index contributed by atoms with van der Waals surface area (Å²) in [7, 11) is 0. The van der Waals surface area contributed by atoms with Crippen LogP contribution in [0.4, 0.5) is 8.78 Å². The van der Waals surface area contributed by atoms with Crippen molar-refractivity contribution in [3.63, 3.8) is 0 Å². The molecule has 0 amide bonds. The Morgan fingerprint density at radius 1 is 1.31 bits per heavy atom. The van der Waals surface area contributed by atoms with Gasteiger partial charge in [-0.25, -0.2) is 8.78 Å². The van der Waals surface area contributed by atoms with E-state index in [1.165, 1.54) is 0 Å². The summed E-state index contributed by atoms with van der Waals surface area (Å²) in [6.07, 6.45) is 0. The SMILES string of the molecule is CCNC(C)c1cc2c(F)ccc(F)c2o1. The van der Waals surface area contributed by atoms with Crippen LogP contribution >= 0.6 is 0 Å². The first kappa shape index (κ1) is 11.1. The average molecular weight is 225 g/mol. The van der Waals surface area contributed by atoms with Gasteiger partial charge in [-0.05, 0) is 31.7 Å². The highest BCUT2D eigenvalue weighted by Gasteiger charge is 2.15. The number of halogens is 2. The van der Waals surface area contributed by atoms with Crippen molar-refractivity contribution >= 4 is 11.0 Å². The molecule has 1 N–H and O–H groups in total. The quantitative estimate of drug-likeness (QED) is 0.866. The maximum Gasteiger partial charge on any atom is 0.172 e. The van der Waals surface area contributed by atoms with Gasteiger partial charge in [0.05, 0.1) is 11.4 Å². The van der Waals surface area contributed by atoms with Crippen molar-refractivity contribution in [2.75, 3.05) is 6.54 Å². The summed E-state index contributed by atoms with van der Waals surface area (Å²) in [4.78, 5) is 0. The van der Waals surface area contributed by atoms with Gasteiger partial charge in [0.2, 0.25) is 0 Å². The molecule has 2 nitrogen and oxygen atoms in total. The molecule has 0 aliphatic heterocycles. The summed E-state index contributed by atoms with van der Waals surface area (Å²) >= 11 is 0. The van der Waals surface area contributed by atoms with Gasteiger partial charge in [0.15, 0.2) is 11.4 Å². The Hall–Kier alpha value is -1.42. The number of hydrogen-bond donors (Lipinski definition) is 1. The van der Waals surface area contributed by atoms with E-state index in [9.17, 15) is 8.78 Å². The minimum atomic E-state index is -0.536. The lowest BCUT2D eigenvalue weighted by Crippen LogP contribution is -2.16. The van der Waals surface area contributed by atoms with E-state index in [2.05, 4.69) is 5.32 Å². The second-order valence-corrected chi connectivity index (χ2v) is 3.70. The molecule has 16 heavy (non-hydrogen) atoms. The molecule has 0 saturated heterocycles. The van der Waals surface area contributed by atoms with Crippen LogP contribution < -0.4 is 5.32 Å². The van der Waals surface area contributed by atoms with E-state index < -0.39 is 11.6 Å². The molecule has 0 fully saturated rings. The smallest absolute Gasteiger partial charge is 0.172 e. The normalized spacial score (nSPS) is 13.2. The zero-order valence-corrected chi connectivity index (χ0v) is 9.18. The molecular formula is C12H13F2NO. The second kappa shape index (κ2) is 4.22. The molecular weight excluding hydrogens is 212 g/mol. The maximum absolute atomic E-state index is 13.4. The monoisotopic (exact) mass is 225 g/mol. The van der Waals surface area contributed by atoms with Gasteiger partial charge in [-0.15, -0.1) is 0 Å². The molecule has 1 aromatic heterocycles. The number of rotatable bonds is 3. The molecule has 86 valence electrons. The average Bonchev–Trinajstić information content (AvgIpc) is 2.70. The third kappa shape index (κ3) is 1.80. The van der Waals surface area contributed by atoms with Gasteiger partial charge in [-0.1, -0.05) is 6.92 Å². The van der Waals surface area contributed by atoms with Crippen molar-refractivity contribution in [2.45, 2.75) is 19.9 Å². The highest BCUT2D eigenvalue weighted by Crippen LogP contribution is 2.27. The molecule has 0 aliphatic carbocycles. The zero-order valence-electron chi connectivity index (χ0n) is 9.18. The molecule has 1 heterocycles. The van der Waals surface area contributed by atoms with Crippen LogP contribution in [0.2, 0.25) is 0 Å². The van der Waals surface area contributed by atoms with Crippen molar-refractivity contribution in [1.82, 2.24) is 5.32 Å². The van der Waals surface area contributed by atoms with Gasteiger partial charge >= 0.3 is 0 Å². The Morgan fingerprint density at radius 3 is 2.62 bits per heavy atom. The van der Waals surface area contributed by atoms with E-state index >= 15 is 0 Å². The van der Waals surface area contributed by atoms with E-state index in [1.54, 1.807) is 6.07 Å². The second-order valence-electron chi connectivity index (χ2n) is 3.70. The van der Waals surface area contributed by atoms with E-state index in [4.69, 9.17) is 4.42 Å². The summed E-state index contributed by atoms with van der Waals surface area (Å²) in [6, 6.07) is 3.66. The summed E-state index contributed by atoms with van der Waals surface area (Å²) in [5, 5.41) is 3.32. The van der Waals surface area contributed by atoms with Crippen molar-refractivity contribution in [3.8, 4) is 0 Å². The van der Waals surface area contributed by atoms with E-state index in [-0.39, 0.29) is 17.0 Å². The van der Waals surface area contributed by atoms with Crippen molar-refractivity contribution in [2.24, 2.45) is 0 Å². The Morgan fingerprint density at radius 2 is 2.00 bits per heavy atom. The van der Waals surface area contributed by atoms with Crippen LogP contribution in [0.1, 0.15) is 25.6 Å². The van der Waals surface area contributed by atoms with Crippen LogP contribution in [0.5, 0.6) is 0 Å². The van der Waals surface area contributed by atoms with Crippen LogP contribution in [-0.2, 0) is 0 Å². The van der Waals surface area contributed by atoms with E-state index in [1.807, 2.05) is 13.8 Å². The molecule has 2 aromatic rings. The van der Waals surface area contributed by atoms with E-state index in [0.29, 0.717) is 5.76 Å². The molecule has 1 atom stereocenters. The standard InChI is InChI=1S/C12H13F2NO/c1-3-15-7(2)11-6-8-9(13)4-5-10(14)12(8)16-11/h4-7,15H,3H2,1-2H3. The molecule has 4 heteroatoms. The van der Waals surface area contributed by atoms with Gasteiger partial charge in [-0.2, -0.15) is 0 Å². The van der Waals surface area contributed by atoms with Crippen LogP contribution in [0.3, 0.4) is 0 Å². The lowest BCUT2D eigenvalue weighted by atomic mass is 10.2. The topological polar surface area (TPSA) is 25.2 Å². The van der Waals surface area contributed by atoms with Gasteiger partial charge in [0.25, 0.3) is 0 Å². The summed E-state index contributed by atoms with van der Waals surface area (Å²) in [5.41, 5.74) is -0.0141. The Bertz CT molecular complexity index is 468. The number of fused-ring (bicyclic) bond motifs is 1.